The molecule has 1 aliphatic carbocycles. The number of aromatic nitrogens is 3. The van der Waals surface area contributed by atoms with Crippen molar-refractivity contribution in [2.24, 2.45) is 5.84 Å². The molecular formula is C13H23N7O. The summed E-state index contributed by atoms with van der Waals surface area (Å²) in [5.74, 6) is 7.15. The Morgan fingerprint density at radius 1 is 1.10 bits per heavy atom. The van der Waals surface area contributed by atoms with Crippen LogP contribution in [-0.2, 0) is 4.74 Å². The fourth-order valence-electron chi connectivity index (χ4n) is 2.79. The Kier molecular flexibility index (Phi) is 4.35. The fourth-order valence-corrected chi connectivity index (χ4v) is 2.79. The summed E-state index contributed by atoms with van der Waals surface area (Å²) in [5, 5.41) is 3.33. The van der Waals surface area contributed by atoms with Crippen molar-refractivity contribution >= 4 is 17.8 Å². The Morgan fingerprint density at radius 2 is 1.81 bits per heavy atom. The van der Waals surface area contributed by atoms with Gasteiger partial charge < -0.3 is 15.0 Å². The smallest absolute Gasteiger partial charge is 0.243 e. The van der Waals surface area contributed by atoms with Crippen molar-refractivity contribution < 1.29 is 4.74 Å². The number of nitrogens with two attached hydrogens (primary N) is 1. The first-order valence-electron chi connectivity index (χ1n) is 7.55. The van der Waals surface area contributed by atoms with Crippen molar-refractivity contribution in [2.75, 3.05) is 35.8 Å². The van der Waals surface area contributed by atoms with E-state index < -0.39 is 0 Å². The summed E-state index contributed by atoms with van der Waals surface area (Å²) in [7, 11) is 1.74. The van der Waals surface area contributed by atoms with E-state index in [4.69, 9.17) is 10.6 Å². The van der Waals surface area contributed by atoms with Crippen molar-refractivity contribution in [2.45, 2.75) is 44.2 Å². The second-order valence-corrected chi connectivity index (χ2v) is 5.65. The Hall–Kier alpha value is -1.67. The quantitative estimate of drug-likeness (QED) is 0.540. The molecule has 1 saturated carbocycles. The predicted octanol–water partition coefficient (Wildman–Crippen LogP) is 0.737. The number of methoxy groups -OCH3 is 1. The zero-order chi connectivity index (χ0) is 14.7. The lowest BCUT2D eigenvalue weighted by Gasteiger charge is -2.34. The molecule has 1 aromatic rings. The normalized spacial score (nSPS) is 25.3. The molecule has 116 valence electrons. The Labute approximate surface area is 124 Å². The van der Waals surface area contributed by atoms with Crippen LogP contribution < -0.4 is 21.5 Å². The van der Waals surface area contributed by atoms with Crippen molar-refractivity contribution in [3.63, 3.8) is 0 Å². The van der Waals surface area contributed by atoms with E-state index in [-0.39, 0.29) is 0 Å². The zero-order valence-electron chi connectivity index (χ0n) is 12.4. The molecule has 2 heterocycles. The van der Waals surface area contributed by atoms with E-state index in [9.17, 15) is 0 Å². The Balaban J connectivity index is 1.70. The highest BCUT2D eigenvalue weighted by Gasteiger charge is 2.29. The van der Waals surface area contributed by atoms with Crippen molar-refractivity contribution in [3.05, 3.63) is 0 Å². The topological polar surface area (TPSA) is 101 Å². The molecule has 2 aliphatic rings. The third-order valence-corrected chi connectivity index (χ3v) is 4.15. The third-order valence-electron chi connectivity index (χ3n) is 4.15. The first-order chi connectivity index (χ1) is 10.3. The van der Waals surface area contributed by atoms with Gasteiger partial charge in [0.15, 0.2) is 0 Å². The van der Waals surface area contributed by atoms with Crippen LogP contribution in [0.2, 0.25) is 0 Å². The summed E-state index contributed by atoms with van der Waals surface area (Å²) >= 11 is 0. The van der Waals surface area contributed by atoms with Crippen LogP contribution in [0.4, 0.5) is 17.8 Å². The lowest BCUT2D eigenvalue weighted by atomic mass is 9.89. The largest absolute Gasteiger partial charge is 0.381 e. The first-order valence-corrected chi connectivity index (χ1v) is 7.55. The maximum atomic E-state index is 5.47. The van der Waals surface area contributed by atoms with Crippen LogP contribution in [0.5, 0.6) is 0 Å². The third kappa shape index (κ3) is 3.33. The van der Waals surface area contributed by atoms with Crippen molar-refractivity contribution in [3.8, 4) is 0 Å². The second kappa shape index (κ2) is 6.40. The van der Waals surface area contributed by atoms with Crippen LogP contribution in [0, 0.1) is 0 Å². The SMILES string of the molecule is COC1CC(Nc2nc(NN)nc(N3CCCCC3)n2)C1. The number of hydrogen-bond donors (Lipinski definition) is 3. The number of rotatable bonds is 5. The van der Waals surface area contributed by atoms with Gasteiger partial charge in [-0.3, -0.25) is 5.43 Å². The van der Waals surface area contributed by atoms with Gasteiger partial charge in [-0.25, -0.2) is 5.84 Å². The van der Waals surface area contributed by atoms with Crippen LogP contribution in [-0.4, -0.2) is 47.3 Å². The van der Waals surface area contributed by atoms with E-state index in [2.05, 4.69) is 30.6 Å². The molecule has 1 aromatic heterocycles. The number of nitrogen functional groups attached to an aromatic ring is 1. The predicted molar refractivity (Wildman–Crippen MR) is 81.1 cm³/mol. The minimum Gasteiger partial charge on any atom is -0.381 e. The molecule has 0 atom stereocenters. The molecule has 0 unspecified atom stereocenters. The minimum absolute atomic E-state index is 0.345. The van der Waals surface area contributed by atoms with Gasteiger partial charge in [-0.05, 0) is 32.1 Å². The van der Waals surface area contributed by atoms with Crippen molar-refractivity contribution in [1.82, 2.24) is 15.0 Å². The maximum Gasteiger partial charge on any atom is 0.243 e. The number of anilines is 3. The lowest BCUT2D eigenvalue weighted by Crippen LogP contribution is -2.41. The highest BCUT2D eigenvalue weighted by atomic mass is 16.5. The molecule has 8 nitrogen and oxygen atoms in total. The van der Waals surface area contributed by atoms with Gasteiger partial charge in [0.2, 0.25) is 17.8 Å². The van der Waals surface area contributed by atoms with Gasteiger partial charge in [0.25, 0.3) is 0 Å². The molecular weight excluding hydrogens is 270 g/mol. The van der Waals surface area contributed by atoms with E-state index in [1.165, 1.54) is 19.3 Å². The van der Waals surface area contributed by atoms with Crippen molar-refractivity contribution in [1.29, 1.82) is 0 Å². The summed E-state index contributed by atoms with van der Waals surface area (Å²) in [4.78, 5) is 15.4. The summed E-state index contributed by atoms with van der Waals surface area (Å²) < 4.78 is 5.28. The summed E-state index contributed by atoms with van der Waals surface area (Å²) in [6.07, 6.45) is 5.93. The van der Waals surface area contributed by atoms with Gasteiger partial charge in [-0.2, -0.15) is 15.0 Å². The highest BCUT2D eigenvalue weighted by Crippen LogP contribution is 2.26. The number of piperidine rings is 1. The first kappa shape index (κ1) is 14.3. The second-order valence-electron chi connectivity index (χ2n) is 5.65. The maximum absolute atomic E-state index is 5.47. The molecule has 1 aliphatic heterocycles. The Bertz CT molecular complexity index is 472. The molecule has 3 rings (SSSR count). The minimum atomic E-state index is 0.345. The van der Waals surface area contributed by atoms with Gasteiger partial charge in [0.1, 0.15) is 0 Å². The van der Waals surface area contributed by atoms with E-state index in [1.54, 1.807) is 7.11 Å². The number of nitrogens with zero attached hydrogens (tertiary/aromatic N) is 4. The van der Waals surface area contributed by atoms with Crippen LogP contribution in [0.1, 0.15) is 32.1 Å². The molecule has 1 saturated heterocycles. The zero-order valence-corrected chi connectivity index (χ0v) is 12.4. The van der Waals surface area contributed by atoms with E-state index in [0.29, 0.717) is 30.0 Å². The van der Waals surface area contributed by atoms with Crippen LogP contribution in [0.25, 0.3) is 0 Å². The van der Waals surface area contributed by atoms with Gasteiger partial charge in [-0.15, -0.1) is 0 Å². The average molecular weight is 293 g/mol. The molecule has 0 bridgehead atoms. The standard InChI is InChI=1S/C13H23N7O/c1-21-10-7-9(8-10)15-11-16-12(19-14)18-13(17-11)20-5-3-2-4-6-20/h9-10H,2-8,14H2,1H3,(H2,15,16,17,18,19). The van der Waals surface area contributed by atoms with Gasteiger partial charge in [-0.1, -0.05) is 0 Å². The van der Waals surface area contributed by atoms with Gasteiger partial charge >= 0.3 is 0 Å². The van der Waals surface area contributed by atoms with Crippen LogP contribution in [0.15, 0.2) is 0 Å². The summed E-state index contributed by atoms with van der Waals surface area (Å²) in [5.41, 5.74) is 2.52. The molecule has 0 aromatic carbocycles. The van der Waals surface area contributed by atoms with E-state index in [0.717, 1.165) is 25.9 Å². The highest BCUT2D eigenvalue weighted by molar-refractivity contribution is 5.44. The monoisotopic (exact) mass is 293 g/mol. The summed E-state index contributed by atoms with van der Waals surface area (Å²) in [6.45, 7) is 1.98. The molecule has 4 N–H and O–H groups in total. The molecule has 0 spiro atoms. The number of hydrazine groups is 1. The summed E-state index contributed by atoms with van der Waals surface area (Å²) in [6, 6.07) is 0.359. The molecule has 0 amide bonds. The van der Waals surface area contributed by atoms with Crippen LogP contribution >= 0.6 is 0 Å². The van der Waals surface area contributed by atoms with Gasteiger partial charge in [0, 0.05) is 26.2 Å². The number of ether oxygens (including phenoxy) is 1. The van der Waals surface area contributed by atoms with Crippen LogP contribution in [0.3, 0.4) is 0 Å². The molecule has 21 heavy (non-hydrogen) atoms. The average Bonchev–Trinajstić information content (AvgIpc) is 2.51. The molecule has 8 heteroatoms. The Morgan fingerprint density at radius 3 is 2.48 bits per heavy atom. The fraction of sp³-hybridized carbons (Fsp3) is 0.769. The van der Waals surface area contributed by atoms with E-state index in [1.807, 2.05) is 0 Å². The lowest BCUT2D eigenvalue weighted by molar-refractivity contribution is 0.0327. The molecule has 2 fully saturated rings. The molecule has 0 radical (unpaired) electrons. The van der Waals surface area contributed by atoms with Gasteiger partial charge in [0.05, 0.1) is 6.10 Å². The van der Waals surface area contributed by atoms with E-state index >= 15 is 0 Å². The number of nitrogens with one attached hydrogen (secondary N) is 2. The number of hydrogen-bond acceptors (Lipinski definition) is 8.